The largest absolute Gasteiger partial charge is 0.398 e. The fourth-order valence-corrected chi connectivity index (χ4v) is 2.71. The molecule has 2 heterocycles. The summed E-state index contributed by atoms with van der Waals surface area (Å²) >= 11 is 1.13. The summed E-state index contributed by atoms with van der Waals surface area (Å²) in [5, 5.41) is 3.70. The second kappa shape index (κ2) is 4.38. The summed E-state index contributed by atoms with van der Waals surface area (Å²) in [5.41, 5.74) is 9.06. The lowest BCUT2D eigenvalue weighted by Crippen LogP contribution is -2.35. The first-order valence-corrected chi connectivity index (χ1v) is 6.46. The average Bonchev–Trinajstić information content (AvgIpc) is 2.91. The van der Waals surface area contributed by atoms with Gasteiger partial charge in [0, 0.05) is 18.8 Å². The number of benzene rings is 1. The Hall–Kier alpha value is -1.95. The van der Waals surface area contributed by atoms with Crippen molar-refractivity contribution in [3.8, 4) is 0 Å². The fraction of sp³-hybridized carbons (Fsp3) is 0.250. The quantitative estimate of drug-likeness (QED) is 0.785. The van der Waals surface area contributed by atoms with Crippen molar-refractivity contribution in [2.24, 2.45) is 0 Å². The van der Waals surface area contributed by atoms with Gasteiger partial charge in [0.2, 0.25) is 0 Å². The predicted molar refractivity (Wildman–Crippen MR) is 69.2 cm³/mol. The van der Waals surface area contributed by atoms with E-state index in [9.17, 15) is 4.79 Å². The summed E-state index contributed by atoms with van der Waals surface area (Å²) < 4.78 is 3.72. The molecule has 92 valence electrons. The van der Waals surface area contributed by atoms with Gasteiger partial charge in [-0.15, -0.1) is 5.10 Å². The van der Waals surface area contributed by atoms with E-state index < -0.39 is 0 Å². The molecule has 6 heteroatoms. The third kappa shape index (κ3) is 1.84. The van der Waals surface area contributed by atoms with E-state index in [1.807, 2.05) is 23.1 Å². The van der Waals surface area contributed by atoms with E-state index in [1.165, 1.54) is 11.8 Å². The van der Waals surface area contributed by atoms with Crippen molar-refractivity contribution >= 4 is 23.1 Å². The molecule has 0 unspecified atom stereocenters. The Bertz CT molecular complexity index is 582. The van der Waals surface area contributed by atoms with Crippen LogP contribution in [0.4, 0.5) is 5.69 Å². The Morgan fingerprint density at radius 2 is 2.33 bits per heavy atom. The number of nitrogens with two attached hydrogens (primary N) is 1. The maximum atomic E-state index is 12.2. The number of carbonyl (C=O) groups excluding carboxylic acids is 1. The van der Waals surface area contributed by atoms with E-state index in [-0.39, 0.29) is 5.91 Å². The molecule has 1 aromatic carbocycles. The molecular weight excluding hydrogens is 248 g/mol. The monoisotopic (exact) mass is 260 g/mol. The van der Waals surface area contributed by atoms with Crippen LogP contribution in [-0.4, -0.2) is 26.9 Å². The number of fused-ring (bicyclic) bond motifs is 1. The molecule has 1 aliphatic rings. The molecule has 2 aromatic rings. The molecule has 2 N–H and O–H groups in total. The lowest BCUT2D eigenvalue weighted by atomic mass is 9.98. The number of anilines is 1. The molecule has 0 radical (unpaired) electrons. The van der Waals surface area contributed by atoms with Crippen molar-refractivity contribution < 1.29 is 4.79 Å². The molecule has 5 nitrogen and oxygen atoms in total. The maximum absolute atomic E-state index is 12.2. The summed E-state index contributed by atoms with van der Waals surface area (Å²) in [6.07, 6.45) is 2.32. The molecule has 0 spiro atoms. The fourth-order valence-electron chi connectivity index (χ4n) is 2.23. The molecule has 1 amide bonds. The van der Waals surface area contributed by atoms with Gasteiger partial charge in [0.25, 0.3) is 5.91 Å². The Labute approximate surface area is 108 Å². The van der Waals surface area contributed by atoms with Crippen LogP contribution in [0.25, 0.3) is 0 Å². The van der Waals surface area contributed by atoms with Gasteiger partial charge >= 0.3 is 0 Å². The molecule has 0 saturated heterocycles. The Balaban J connectivity index is 1.85. The number of rotatable bonds is 1. The molecule has 0 aliphatic carbocycles. The van der Waals surface area contributed by atoms with Crippen LogP contribution >= 0.6 is 11.5 Å². The van der Waals surface area contributed by atoms with Crippen LogP contribution < -0.4 is 5.73 Å². The van der Waals surface area contributed by atoms with Crippen molar-refractivity contribution in [1.29, 1.82) is 0 Å². The van der Waals surface area contributed by atoms with Crippen molar-refractivity contribution in [3.63, 3.8) is 0 Å². The number of carbonyl (C=O) groups is 1. The highest BCUT2D eigenvalue weighted by Gasteiger charge is 2.23. The zero-order valence-corrected chi connectivity index (χ0v) is 10.5. The molecule has 0 atom stereocenters. The molecule has 1 aromatic heterocycles. The normalized spacial score (nSPS) is 14.3. The zero-order chi connectivity index (χ0) is 12.5. The van der Waals surface area contributed by atoms with E-state index in [2.05, 4.69) is 9.59 Å². The molecule has 0 bridgehead atoms. The van der Waals surface area contributed by atoms with Gasteiger partial charge in [0.15, 0.2) is 0 Å². The second-order valence-electron chi connectivity index (χ2n) is 4.24. The number of nitrogen functional groups attached to an aromatic ring is 1. The lowest BCUT2D eigenvalue weighted by Gasteiger charge is -2.29. The third-order valence-corrected chi connectivity index (χ3v) is 3.81. The number of amides is 1. The minimum atomic E-state index is -0.00178. The zero-order valence-electron chi connectivity index (χ0n) is 9.67. The number of hydrogen-bond donors (Lipinski definition) is 1. The van der Waals surface area contributed by atoms with Gasteiger partial charge in [0.05, 0.1) is 6.20 Å². The van der Waals surface area contributed by atoms with Crippen molar-refractivity contribution in [2.45, 2.75) is 13.0 Å². The van der Waals surface area contributed by atoms with Gasteiger partial charge in [-0.2, -0.15) is 0 Å². The minimum absolute atomic E-state index is 0.00178. The highest BCUT2D eigenvalue weighted by Crippen LogP contribution is 2.25. The van der Waals surface area contributed by atoms with Gasteiger partial charge in [-0.25, -0.2) is 0 Å². The number of aromatic nitrogens is 2. The number of nitrogens with zero attached hydrogens (tertiary/aromatic N) is 3. The summed E-state index contributed by atoms with van der Waals surface area (Å²) in [6.45, 7) is 1.30. The average molecular weight is 260 g/mol. The molecular formula is C12H12N4OS. The van der Waals surface area contributed by atoms with Crippen molar-refractivity contribution in [2.75, 3.05) is 12.3 Å². The predicted octanol–water partition coefficient (Wildman–Crippen LogP) is 1.32. The van der Waals surface area contributed by atoms with E-state index in [0.29, 0.717) is 18.0 Å². The Kier molecular flexibility index (Phi) is 2.71. The van der Waals surface area contributed by atoms with Gasteiger partial charge in [-0.05, 0) is 35.1 Å². The standard InChI is InChI=1S/C12H12N4OS/c13-10-3-1-2-8-7-16(5-4-9(8)10)12(17)11-6-14-15-18-11/h1-3,6H,4-5,7,13H2. The highest BCUT2D eigenvalue weighted by atomic mass is 32.1. The summed E-state index contributed by atoms with van der Waals surface area (Å²) in [6, 6.07) is 5.86. The van der Waals surface area contributed by atoms with Gasteiger partial charge in [-0.3, -0.25) is 4.79 Å². The van der Waals surface area contributed by atoms with Crippen LogP contribution in [0.1, 0.15) is 20.8 Å². The minimum Gasteiger partial charge on any atom is -0.398 e. The molecule has 18 heavy (non-hydrogen) atoms. The smallest absolute Gasteiger partial charge is 0.267 e. The van der Waals surface area contributed by atoms with Gasteiger partial charge in [0.1, 0.15) is 4.88 Å². The van der Waals surface area contributed by atoms with Crippen molar-refractivity contribution in [3.05, 3.63) is 40.4 Å². The second-order valence-corrected chi connectivity index (χ2v) is 5.03. The lowest BCUT2D eigenvalue weighted by molar-refractivity contribution is 0.0739. The van der Waals surface area contributed by atoms with Gasteiger partial charge < -0.3 is 10.6 Å². The summed E-state index contributed by atoms with van der Waals surface area (Å²) in [4.78, 5) is 14.6. The van der Waals surface area contributed by atoms with E-state index >= 15 is 0 Å². The van der Waals surface area contributed by atoms with Crippen LogP contribution in [0, 0.1) is 0 Å². The SMILES string of the molecule is Nc1cccc2c1CCN(C(=O)c1cnns1)C2. The first kappa shape index (κ1) is 11.2. The summed E-state index contributed by atoms with van der Waals surface area (Å²) in [5.74, 6) is -0.00178. The van der Waals surface area contributed by atoms with Crippen molar-refractivity contribution in [1.82, 2.24) is 14.5 Å². The van der Waals surface area contributed by atoms with E-state index in [4.69, 9.17) is 5.73 Å². The van der Waals surface area contributed by atoms with Gasteiger partial charge in [-0.1, -0.05) is 16.6 Å². The highest BCUT2D eigenvalue weighted by molar-refractivity contribution is 7.07. The Morgan fingerprint density at radius 1 is 1.44 bits per heavy atom. The molecule has 3 rings (SSSR count). The molecule has 0 saturated carbocycles. The molecule has 1 aliphatic heterocycles. The van der Waals surface area contributed by atoms with E-state index in [0.717, 1.165) is 29.2 Å². The molecule has 0 fully saturated rings. The van der Waals surface area contributed by atoms with Crippen LogP contribution in [0.5, 0.6) is 0 Å². The first-order valence-electron chi connectivity index (χ1n) is 5.68. The number of hydrogen-bond acceptors (Lipinski definition) is 5. The third-order valence-electron chi connectivity index (χ3n) is 3.16. The maximum Gasteiger partial charge on any atom is 0.267 e. The summed E-state index contributed by atoms with van der Waals surface area (Å²) in [7, 11) is 0. The van der Waals surface area contributed by atoms with Crippen LogP contribution in [0.2, 0.25) is 0 Å². The Morgan fingerprint density at radius 3 is 3.11 bits per heavy atom. The first-order chi connectivity index (χ1) is 8.75. The van der Waals surface area contributed by atoms with Crippen LogP contribution in [-0.2, 0) is 13.0 Å². The van der Waals surface area contributed by atoms with Crippen LogP contribution in [0.3, 0.4) is 0 Å². The topological polar surface area (TPSA) is 72.1 Å². The van der Waals surface area contributed by atoms with E-state index in [1.54, 1.807) is 0 Å². The van der Waals surface area contributed by atoms with Crippen LogP contribution in [0.15, 0.2) is 24.4 Å².